The summed E-state index contributed by atoms with van der Waals surface area (Å²) in [7, 11) is 1.35. The molecule has 1 fully saturated rings. The summed E-state index contributed by atoms with van der Waals surface area (Å²) in [5.41, 5.74) is 12.2. The van der Waals surface area contributed by atoms with Crippen LogP contribution in [-0.4, -0.2) is 43.0 Å². The van der Waals surface area contributed by atoms with Gasteiger partial charge in [0.05, 0.1) is 27.5 Å². The number of carbonyl (C=O) groups is 1. The third-order valence-electron chi connectivity index (χ3n) is 6.72. The number of pyridine rings is 1. The van der Waals surface area contributed by atoms with Crippen LogP contribution in [-0.2, 0) is 0 Å². The average Bonchev–Trinajstić information content (AvgIpc) is 3.59. The SMILES string of the molecule is CNC(=O)O.Cc1cc(-c2cccs2)nc2cc(-c3nn(C4CCCCC4)c4ncnc(N)c34)ccc12. The Kier molecular flexibility index (Phi) is 7.00. The fraction of sp³-hybridized carbons (Fsp3) is 0.296. The molecule has 4 aromatic heterocycles. The van der Waals surface area contributed by atoms with Gasteiger partial charge in [0.1, 0.15) is 17.8 Å². The van der Waals surface area contributed by atoms with E-state index >= 15 is 0 Å². The molecule has 1 saturated carbocycles. The number of hydrogen-bond donors (Lipinski definition) is 3. The van der Waals surface area contributed by atoms with Crippen LogP contribution in [0.15, 0.2) is 48.1 Å². The van der Waals surface area contributed by atoms with Crippen molar-refractivity contribution in [2.75, 3.05) is 12.8 Å². The van der Waals surface area contributed by atoms with Gasteiger partial charge in [-0.25, -0.2) is 24.4 Å². The average molecular weight is 516 g/mol. The standard InChI is InChI=1S/C25H24N6S.C2H5NO2/c1-15-12-20(21-8-5-11-32-21)29-19-13-16(9-10-18(15)19)23-22-24(26)27-14-28-25(22)31(30-23)17-6-3-2-4-7-17;1-3-2(4)5/h5,8-14,17H,2-4,6-7H2,1H3,(H2,26,27,28);3H,1H3,(H,4,5). The molecule has 0 spiro atoms. The molecule has 5 aromatic rings. The van der Waals surface area contributed by atoms with Crippen LogP contribution in [0.4, 0.5) is 10.6 Å². The minimum atomic E-state index is -0.995. The van der Waals surface area contributed by atoms with Gasteiger partial charge in [0.25, 0.3) is 0 Å². The van der Waals surface area contributed by atoms with E-state index in [0.717, 1.165) is 51.7 Å². The second-order valence-corrected chi connectivity index (χ2v) is 10.1. The molecule has 190 valence electrons. The number of nitrogens with two attached hydrogens (primary N) is 1. The molecule has 1 aliphatic rings. The summed E-state index contributed by atoms with van der Waals surface area (Å²) in [5, 5.41) is 18.7. The highest BCUT2D eigenvalue weighted by Crippen LogP contribution is 2.37. The highest BCUT2D eigenvalue weighted by Gasteiger charge is 2.24. The van der Waals surface area contributed by atoms with E-state index in [0.29, 0.717) is 11.9 Å². The van der Waals surface area contributed by atoms with Gasteiger partial charge in [-0.1, -0.05) is 37.5 Å². The normalized spacial score (nSPS) is 13.9. The lowest BCUT2D eigenvalue weighted by Gasteiger charge is -2.22. The highest BCUT2D eigenvalue weighted by atomic mass is 32.1. The van der Waals surface area contributed by atoms with Crippen LogP contribution < -0.4 is 11.1 Å². The number of nitrogen functional groups attached to an aromatic ring is 1. The molecule has 10 heteroatoms. The number of aromatic nitrogens is 5. The number of thiophene rings is 1. The van der Waals surface area contributed by atoms with Crippen LogP contribution in [0, 0.1) is 6.92 Å². The molecule has 1 aromatic carbocycles. The lowest BCUT2D eigenvalue weighted by Crippen LogP contribution is -2.14. The summed E-state index contributed by atoms with van der Waals surface area (Å²) in [5.74, 6) is 0.476. The molecule has 0 saturated heterocycles. The Morgan fingerprint density at radius 2 is 1.95 bits per heavy atom. The topological polar surface area (TPSA) is 132 Å². The van der Waals surface area contributed by atoms with Crippen molar-refractivity contribution < 1.29 is 9.90 Å². The Morgan fingerprint density at radius 3 is 2.65 bits per heavy atom. The summed E-state index contributed by atoms with van der Waals surface area (Å²) >= 11 is 1.71. The van der Waals surface area contributed by atoms with Crippen molar-refractivity contribution in [1.29, 1.82) is 0 Å². The van der Waals surface area contributed by atoms with E-state index in [1.54, 1.807) is 17.7 Å². The molecule has 6 rings (SSSR count). The predicted molar refractivity (Wildman–Crippen MR) is 148 cm³/mol. The maximum Gasteiger partial charge on any atom is 0.404 e. The molecular formula is C27H29N7O2S. The van der Waals surface area contributed by atoms with E-state index in [1.165, 1.54) is 36.8 Å². The molecule has 37 heavy (non-hydrogen) atoms. The van der Waals surface area contributed by atoms with E-state index in [1.807, 2.05) is 5.32 Å². The van der Waals surface area contributed by atoms with Gasteiger partial charge in [0, 0.05) is 18.0 Å². The van der Waals surface area contributed by atoms with Crippen LogP contribution in [0.2, 0.25) is 0 Å². The van der Waals surface area contributed by atoms with Gasteiger partial charge in [-0.3, -0.25) is 0 Å². The fourth-order valence-corrected chi connectivity index (χ4v) is 5.56. The van der Waals surface area contributed by atoms with Crippen molar-refractivity contribution >= 4 is 45.2 Å². The Hall–Kier alpha value is -4.05. The quantitative estimate of drug-likeness (QED) is 0.266. The van der Waals surface area contributed by atoms with Gasteiger partial charge in [0.2, 0.25) is 0 Å². The molecule has 9 nitrogen and oxygen atoms in total. The second-order valence-electron chi connectivity index (χ2n) is 9.13. The number of rotatable bonds is 3. The van der Waals surface area contributed by atoms with Crippen molar-refractivity contribution in [3.63, 3.8) is 0 Å². The van der Waals surface area contributed by atoms with Crippen LogP contribution >= 0.6 is 11.3 Å². The number of carboxylic acid groups (broad SMARTS) is 1. The third kappa shape index (κ3) is 4.97. The van der Waals surface area contributed by atoms with Crippen LogP contribution in [0.1, 0.15) is 43.7 Å². The minimum absolute atomic E-state index is 0.362. The second kappa shape index (κ2) is 10.5. The summed E-state index contributed by atoms with van der Waals surface area (Å²) in [6, 6.07) is 13.1. The molecule has 0 atom stereocenters. The number of aryl methyl sites for hydroxylation is 1. The van der Waals surface area contributed by atoms with Crippen molar-refractivity contribution in [2.24, 2.45) is 0 Å². The largest absolute Gasteiger partial charge is 0.465 e. The van der Waals surface area contributed by atoms with Gasteiger partial charge in [-0.2, -0.15) is 5.10 Å². The lowest BCUT2D eigenvalue weighted by molar-refractivity contribution is 0.197. The van der Waals surface area contributed by atoms with Gasteiger partial charge in [-0.05, 0) is 48.9 Å². The molecule has 1 aliphatic carbocycles. The van der Waals surface area contributed by atoms with E-state index < -0.39 is 6.09 Å². The van der Waals surface area contributed by atoms with E-state index in [9.17, 15) is 4.79 Å². The van der Waals surface area contributed by atoms with Crippen molar-refractivity contribution in [3.8, 4) is 21.8 Å². The maximum absolute atomic E-state index is 9.26. The number of benzene rings is 1. The number of nitrogens with one attached hydrogen (secondary N) is 1. The Balaban J connectivity index is 0.000000514. The van der Waals surface area contributed by atoms with E-state index in [-0.39, 0.29) is 0 Å². The first-order valence-corrected chi connectivity index (χ1v) is 13.2. The molecule has 4 heterocycles. The van der Waals surface area contributed by atoms with Gasteiger partial charge in [-0.15, -0.1) is 11.3 Å². The van der Waals surface area contributed by atoms with Crippen LogP contribution in [0.5, 0.6) is 0 Å². The molecule has 0 aliphatic heterocycles. The highest BCUT2D eigenvalue weighted by molar-refractivity contribution is 7.13. The third-order valence-corrected chi connectivity index (χ3v) is 7.61. The lowest BCUT2D eigenvalue weighted by atomic mass is 9.96. The summed E-state index contributed by atoms with van der Waals surface area (Å²) in [4.78, 5) is 24.3. The maximum atomic E-state index is 9.26. The van der Waals surface area contributed by atoms with Gasteiger partial charge in [0.15, 0.2) is 5.65 Å². The Morgan fingerprint density at radius 1 is 1.16 bits per heavy atom. The van der Waals surface area contributed by atoms with Crippen molar-refractivity contribution in [3.05, 3.63) is 53.7 Å². The monoisotopic (exact) mass is 515 g/mol. The van der Waals surface area contributed by atoms with Gasteiger partial charge < -0.3 is 16.2 Å². The zero-order chi connectivity index (χ0) is 25.9. The summed E-state index contributed by atoms with van der Waals surface area (Å²) in [6.07, 6.45) is 6.55. The number of nitrogens with zero attached hydrogens (tertiary/aromatic N) is 5. The molecule has 0 radical (unpaired) electrons. The molecule has 1 amide bonds. The Bertz CT molecular complexity index is 1560. The molecule has 4 N–H and O–H groups in total. The Labute approximate surface area is 218 Å². The minimum Gasteiger partial charge on any atom is -0.465 e. The van der Waals surface area contributed by atoms with Crippen molar-refractivity contribution in [1.82, 2.24) is 30.0 Å². The van der Waals surface area contributed by atoms with Crippen molar-refractivity contribution in [2.45, 2.75) is 45.1 Å². The zero-order valence-corrected chi connectivity index (χ0v) is 21.6. The molecular weight excluding hydrogens is 486 g/mol. The number of amides is 1. The first kappa shape index (κ1) is 24.6. The van der Waals surface area contributed by atoms with E-state index in [2.05, 4.69) is 63.4 Å². The molecule has 0 bridgehead atoms. The fourth-order valence-electron chi connectivity index (χ4n) is 4.88. The first-order chi connectivity index (χ1) is 18.0. The molecule has 0 unspecified atom stereocenters. The summed E-state index contributed by atoms with van der Waals surface area (Å²) in [6.45, 7) is 2.14. The number of fused-ring (bicyclic) bond motifs is 2. The number of hydrogen-bond acceptors (Lipinski definition) is 7. The number of anilines is 1. The summed E-state index contributed by atoms with van der Waals surface area (Å²) < 4.78 is 2.09. The van der Waals surface area contributed by atoms with E-state index in [4.69, 9.17) is 20.9 Å². The predicted octanol–water partition coefficient (Wildman–Crippen LogP) is 6.05. The zero-order valence-electron chi connectivity index (χ0n) is 20.8. The smallest absolute Gasteiger partial charge is 0.404 e. The van der Waals surface area contributed by atoms with Crippen LogP contribution in [0.3, 0.4) is 0 Å². The van der Waals surface area contributed by atoms with Crippen LogP contribution in [0.25, 0.3) is 43.8 Å². The first-order valence-electron chi connectivity index (χ1n) is 12.3. The van der Waals surface area contributed by atoms with Gasteiger partial charge >= 0.3 is 6.09 Å².